The molecule has 14 nitrogen and oxygen atoms in total. The molecule has 2 aliphatic carbocycles. The number of hydrogen-bond donors (Lipinski definition) is 4. The van der Waals surface area contributed by atoms with Crippen molar-refractivity contribution >= 4 is 35.3 Å². The molecule has 8 rings (SSSR count). The molecule has 308 valence electrons. The van der Waals surface area contributed by atoms with Crippen LogP contribution in [0.1, 0.15) is 119 Å². The average Bonchev–Trinajstić information content (AvgIpc) is 4.07. The number of aromatic nitrogens is 4. The number of amides is 4. The quantitative estimate of drug-likeness (QED) is 0.120. The number of carbonyl (C=O) groups excluding carboxylic acids is 4. The number of fused-ring (bicyclic) bond motifs is 5. The van der Waals surface area contributed by atoms with Gasteiger partial charge in [0.05, 0.1) is 55.0 Å². The van der Waals surface area contributed by atoms with Crippen LogP contribution in [0.25, 0.3) is 32.3 Å². The van der Waals surface area contributed by atoms with Crippen LogP contribution < -0.4 is 10.6 Å². The van der Waals surface area contributed by atoms with Crippen LogP contribution in [0, 0.1) is 11.8 Å². The Balaban J connectivity index is 1.02. The molecular weight excluding hydrogens is 757 g/mol. The third-order valence-corrected chi connectivity index (χ3v) is 13.9. The molecule has 2 unspecified atom stereocenters. The first-order chi connectivity index (χ1) is 28.0. The fourth-order valence-corrected chi connectivity index (χ4v) is 11.1. The molecule has 0 radical (unpaired) electrons. The number of H-pyrrole nitrogens is 2. The Labute approximate surface area is 342 Å². The molecule has 2 saturated heterocycles. The van der Waals surface area contributed by atoms with Crippen LogP contribution in [0.3, 0.4) is 0 Å². The summed E-state index contributed by atoms with van der Waals surface area (Å²) in [5, 5.41) is 5.45. The molecule has 58 heavy (non-hydrogen) atoms. The summed E-state index contributed by atoms with van der Waals surface area (Å²) in [7, 11) is 2.60. The maximum absolute atomic E-state index is 13.8. The summed E-state index contributed by atoms with van der Waals surface area (Å²) in [5.41, 5.74) is 6.99. The van der Waals surface area contributed by atoms with Crippen LogP contribution in [-0.4, -0.2) is 93.1 Å². The molecule has 4 amide bonds. The van der Waals surface area contributed by atoms with Gasteiger partial charge in [-0.05, 0) is 90.9 Å². The van der Waals surface area contributed by atoms with Crippen molar-refractivity contribution in [2.24, 2.45) is 11.8 Å². The van der Waals surface area contributed by atoms with E-state index in [0.29, 0.717) is 24.9 Å². The Morgan fingerprint density at radius 2 is 1.16 bits per heavy atom. The van der Waals surface area contributed by atoms with Crippen molar-refractivity contribution in [3.05, 3.63) is 59.4 Å². The van der Waals surface area contributed by atoms with Gasteiger partial charge in [-0.2, -0.15) is 0 Å². The number of imidazole rings is 2. The lowest BCUT2D eigenvalue weighted by Gasteiger charge is -2.30. The summed E-state index contributed by atoms with van der Waals surface area (Å²) in [5.74, 6) is 2.14. The molecule has 6 atom stereocenters. The van der Waals surface area contributed by atoms with Gasteiger partial charge in [-0.15, -0.1) is 11.3 Å². The number of nitrogens with one attached hydrogen (secondary N) is 4. The van der Waals surface area contributed by atoms with Crippen molar-refractivity contribution < 1.29 is 28.7 Å². The highest BCUT2D eigenvalue weighted by molar-refractivity contribution is 7.19. The summed E-state index contributed by atoms with van der Waals surface area (Å²) in [6, 6.07) is 6.90. The number of alkyl carbamates (subject to hydrolysis) is 2. The highest BCUT2D eigenvalue weighted by atomic mass is 32.1. The number of aromatic amines is 2. The van der Waals surface area contributed by atoms with E-state index in [9.17, 15) is 19.2 Å². The SMILES string of the molecule is COC(=O)N[C@H](C(=O)N1CCC[C@H]1c1ncc(-c2ccc(-c3sc(-c4cnc([C@@H]5CCCN5C(=O)[C@@H](NC(=O)OC)C(C)C)[nH]4)c4c3C3CCC4C3)cc2)[nH]1)C(C)C. The summed E-state index contributed by atoms with van der Waals surface area (Å²) in [4.78, 5) is 74.5. The molecule has 1 aromatic carbocycles. The molecule has 2 aliphatic heterocycles. The van der Waals surface area contributed by atoms with Gasteiger partial charge in [0.2, 0.25) is 11.8 Å². The Morgan fingerprint density at radius 3 is 1.66 bits per heavy atom. The van der Waals surface area contributed by atoms with Crippen LogP contribution in [0.2, 0.25) is 0 Å². The number of ether oxygens (including phenoxy) is 2. The van der Waals surface area contributed by atoms with E-state index in [2.05, 4.69) is 44.9 Å². The van der Waals surface area contributed by atoms with Gasteiger partial charge in [-0.3, -0.25) is 9.59 Å². The van der Waals surface area contributed by atoms with Gasteiger partial charge in [0, 0.05) is 18.0 Å². The molecule has 0 spiro atoms. The molecule has 4 aromatic rings. The van der Waals surface area contributed by atoms with Gasteiger partial charge >= 0.3 is 12.2 Å². The van der Waals surface area contributed by atoms with E-state index in [1.807, 2.05) is 61.2 Å². The number of methoxy groups -OCH3 is 2. The van der Waals surface area contributed by atoms with Gasteiger partial charge in [0.15, 0.2) is 0 Å². The fraction of sp³-hybridized carbons (Fsp3) is 0.535. The molecule has 4 N–H and O–H groups in total. The minimum atomic E-state index is -0.686. The van der Waals surface area contributed by atoms with Crippen molar-refractivity contribution in [1.82, 2.24) is 40.4 Å². The zero-order chi connectivity index (χ0) is 40.8. The summed E-state index contributed by atoms with van der Waals surface area (Å²) >= 11 is 1.83. The number of hydrogen-bond acceptors (Lipinski definition) is 9. The van der Waals surface area contributed by atoms with Gasteiger partial charge < -0.3 is 39.9 Å². The predicted molar refractivity (Wildman–Crippen MR) is 220 cm³/mol. The topological polar surface area (TPSA) is 175 Å². The Kier molecular flexibility index (Phi) is 11.1. The van der Waals surface area contributed by atoms with Crippen LogP contribution >= 0.6 is 11.3 Å². The van der Waals surface area contributed by atoms with Crippen molar-refractivity contribution in [3.63, 3.8) is 0 Å². The van der Waals surface area contributed by atoms with Crippen molar-refractivity contribution in [1.29, 1.82) is 0 Å². The number of rotatable bonds is 11. The Hall–Kier alpha value is -5.18. The van der Waals surface area contributed by atoms with Crippen LogP contribution in [0.4, 0.5) is 9.59 Å². The first kappa shape index (κ1) is 39.6. The monoisotopic (exact) mass is 810 g/mol. The molecule has 15 heteroatoms. The maximum Gasteiger partial charge on any atom is 0.407 e. The fourth-order valence-electron chi connectivity index (χ4n) is 9.65. The highest BCUT2D eigenvalue weighted by Crippen LogP contribution is 2.61. The molecule has 3 aromatic heterocycles. The molecule has 2 bridgehead atoms. The third-order valence-electron chi connectivity index (χ3n) is 12.6. The smallest absolute Gasteiger partial charge is 0.407 e. The van der Waals surface area contributed by atoms with E-state index in [4.69, 9.17) is 19.4 Å². The number of nitrogens with zero attached hydrogens (tertiary/aromatic N) is 4. The lowest BCUT2D eigenvalue weighted by Crippen LogP contribution is -2.51. The maximum atomic E-state index is 13.8. The number of thiophene rings is 1. The van der Waals surface area contributed by atoms with E-state index >= 15 is 0 Å². The molecule has 4 aliphatic rings. The largest absolute Gasteiger partial charge is 0.453 e. The first-order valence-electron chi connectivity index (χ1n) is 20.6. The second kappa shape index (κ2) is 16.2. The zero-order valence-corrected chi connectivity index (χ0v) is 34.9. The minimum absolute atomic E-state index is 0.101. The Bertz CT molecular complexity index is 2170. The highest BCUT2D eigenvalue weighted by Gasteiger charge is 2.44. The summed E-state index contributed by atoms with van der Waals surface area (Å²) in [6.45, 7) is 8.88. The van der Waals surface area contributed by atoms with E-state index < -0.39 is 24.3 Å². The number of likely N-dealkylation sites (tertiary alicyclic amines) is 2. The summed E-state index contributed by atoms with van der Waals surface area (Å²) < 4.78 is 9.60. The van der Waals surface area contributed by atoms with Crippen molar-refractivity contribution in [2.75, 3.05) is 27.3 Å². The number of benzene rings is 1. The lowest BCUT2D eigenvalue weighted by molar-refractivity contribution is -0.136. The normalized spacial score (nSPS) is 22.1. The second-order valence-electron chi connectivity index (χ2n) is 16.8. The molecule has 5 heterocycles. The van der Waals surface area contributed by atoms with Gasteiger partial charge in [-0.1, -0.05) is 52.0 Å². The van der Waals surface area contributed by atoms with E-state index in [0.717, 1.165) is 54.3 Å². The van der Waals surface area contributed by atoms with E-state index in [1.165, 1.54) is 59.9 Å². The average molecular weight is 811 g/mol. The van der Waals surface area contributed by atoms with Crippen LogP contribution in [-0.2, 0) is 19.1 Å². The van der Waals surface area contributed by atoms with Gasteiger partial charge in [0.25, 0.3) is 0 Å². The van der Waals surface area contributed by atoms with E-state index in [1.54, 1.807) is 0 Å². The number of carbonyl (C=O) groups is 4. The molecule has 3 fully saturated rings. The van der Waals surface area contributed by atoms with Gasteiger partial charge in [-0.25, -0.2) is 19.6 Å². The van der Waals surface area contributed by atoms with Crippen LogP contribution in [0.5, 0.6) is 0 Å². The summed E-state index contributed by atoms with van der Waals surface area (Å²) in [6.07, 6.45) is 9.43. The lowest BCUT2D eigenvalue weighted by atomic mass is 9.90. The third kappa shape index (κ3) is 7.26. The van der Waals surface area contributed by atoms with Crippen molar-refractivity contribution in [3.8, 4) is 32.3 Å². The molecule has 1 saturated carbocycles. The van der Waals surface area contributed by atoms with Crippen LogP contribution in [0.15, 0.2) is 36.7 Å². The standard InChI is InChI=1S/C43H54N8O6S/c1-22(2)34(48-42(54)56-5)40(52)50-17-7-9-30(50)38-44-20-28(46-38)24-11-13-25(14-12-24)36-32-26-15-16-27(19-26)33(32)37(58-36)29-21-45-39(47-29)31-10-8-18-51(31)41(53)35(23(3)4)49-43(55)57-6/h11-14,20-23,26-27,30-31,34-35H,7-10,15-19H2,1-6H3,(H,44,46)(H,45,47)(H,48,54)(H,49,55)/t26?,27?,30-,31-,34-,35-/m0/s1. The van der Waals surface area contributed by atoms with Gasteiger partial charge in [0.1, 0.15) is 23.7 Å². The first-order valence-corrected chi connectivity index (χ1v) is 21.5. The van der Waals surface area contributed by atoms with E-state index in [-0.39, 0.29) is 35.7 Å². The second-order valence-corrected chi connectivity index (χ2v) is 17.9. The van der Waals surface area contributed by atoms with Crippen molar-refractivity contribution in [2.45, 2.75) is 109 Å². The predicted octanol–water partition coefficient (Wildman–Crippen LogP) is 7.65. The Morgan fingerprint density at radius 1 is 0.690 bits per heavy atom. The molecular formula is C43H54N8O6S. The minimum Gasteiger partial charge on any atom is -0.453 e. The zero-order valence-electron chi connectivity index (χ0n) is 34.1.